The lowest BCUT2D eigenvalue weighted by atomic mass is 10.0. The quantitative estimate of drug-likeness (QED) is 0.0127. The highest BCUT2D eigenvalue weighted by Gasteiger charge is 2.33. The van der Waals surface area contributed by atoms with Crippen LogP contribution in [0.2, 0.25) is 0 Å². The lowest BCUT2D eigenvalue weighted by molar-refractivity contribution is -0.142. The number of aliphatic imine (C=N–C) groups is 1. The van der Waals surface area contributed by atoms with Gasteiger partial charge in [0.2, 0.25) is 65.0 Å². The van der Waals surface area contributed by atoms with Crippen LogP contribution in [0.3, 0.4) is 0 Å². The Morgan fingerprint density at radius 1 is 0.500 bits per heavy atom. The zero-order valence-electron chi connectivity index (χ0n) is 47.3. The molecule has 31 heteroatoms. The number of rotatable bonds is 39. The molecule has 0 bridgehead atoms. The normalized spacial score (nSPS) is 14.2. The molecule has 0 aliphatic rings. The number of benzene rings is 1. The molecule has 0 fully saturated rings. The first-order valence-corrected chi connectivity index (χ1v) is 28.1. The summed E-state index contributed by atoms with van der Waals surface area (Å²) in [6.07, 6.45) is 1.40. The van der Waals surface area contributed by atoms with E-state index in [2.05, 4.69) is 88.7 Å². The van der Waals surface area contributed by atoms with Crippen molar-refractivity contribution in [2.75, 3.05) is 44.2 Å². The van der Waals surface area contributed by atoms with Crippen molar-refractivity contribution in [3.63, 3.8) is 0 Å². The van der Waals surface area contributed by atoms with Gasteiger partial charge in [-0.15, -0.1) is 0 Å². The van der Waals surface area contributed by atoms with E-state index in [1.165, 1.54) is 13.8 Å². The Morgan fingerprint density at radius 3 is 1.45 bits per heavy atom. The monoisotopic (exact) mass is 1190 g/mol. The van der Waals surface area contributed by atoms with Gasteiger partial charge in [-0.1, -0.05) is 58.0 Å². The van der Waals surface area contributed by atoms with E-state index in [1.54, 1.807) is 44.2 Å². The predicted molar refractivity (Wildman–Crippen MR) is 311 cm³/mol. The van der Waals surface area contributed by atoms with Crippen molar-refractivity contribution >= 4 is 102 Å². The first-order valence-electron chi connectivity index (χ1n) is 26.8. The highest BCUT2D eigenvalue weighted by atomic mass is 32.1. The lowest BCUT2D eigenvalue weighted by Crippen LogP contribution is -2.60. The van der Waals surface area contributed by atoms with E-state index in [0.29, 0.717) is 24.9 Å². The van der Waals surface area contributed by atoms with Gasteiger partial charge < -0.3 is 86.5 Å². The van der Waals surface area contributed by atoms with E-state index < -0.39 is 145 Å². The highest BCUT2D eigenvalue weighted by Crippen LogP contribution is 2.11. The minimum Gasteiger partial charge on any atom is -0.480 e. The Hall–Kier alpha value is -7.25. The minimum atomic E-state index is -1.41. The molecule has 1 rings (SSSR count). The van der Waals surface area contributed by atoms with Crippen LogP contribution in [0.1, 0.15) is 92.1 Å². The molecule has 0 radical (unpaired) electrons. The molecule has 0 heterocycles. The molecule has 20 N–H and O–H groups in total. The number of aliphatic carboxylic acids is 1. The Labute approximate surface area is 488 Å². The van der Waals surface area contributed by atoms with Crippen molar-refractivity contribution in [3.05, 3.63) is 35.9 Å². The summed E-state index contributed by atoms with van der Waals surface area (Å²) < 4.78 is 0. The number of thiol groups is 2. The van der Waals surface area contributed by atoms with Crippen LogP contribution in [0.25, 0.3) is 0 Å². The van der Waals surface area contributed by atoms with Crippen LogP contribution in [0.5, 0.6) is 0 Å². The Kier molecular flexibility index (Phi) is 34.8. The second-order valence-electron chi connectivity index (χ2n) is 20.2. The molecule has 0 unspecified atom stereocenters. The number of guanidine groups is 1. The average molecular weight is 1200 g/mol. The highest BCUT2D eigenvalue weighted by molar-refractivity contribution is 7.80. The summed E-state index contributed by atoms with van der Waals surface area (Å²) in [6, 6.07) is -2.45. The summed E-state index contributed by atoms with van der Waals surface area (Å²) in [5, 5.41) is 36.7. The number of carboxylic acid groups (broad SMARTS) is 1. The van der Waals surface area contributed by atoms with Gasteiger partial charge in [0.05, 0.1) is 25.7 Å². The molecule has 29 nitrogen and oxygen atoms in total. The van der Waals surface area contributed by atoms with E-state index >= 15 is 0 Å². The van der Waals surface area contributed by atoms with Crippen molar-refractivity contribution in [2.45, 2.75) is 147 Å². The van der Waals surface area contributed by atoms with Crippen LogP contribution in [-0.4, -0.2) is 181 Å². The molecular weight excluding hydrogens is 1110 g/mol. The summed E-state index contributed by atoms with van der Waals surface area (Å²) in [5.74, 6) is -10.9. The van der Waals surface area contributed by atoms with Gasteiger partial charge in [-0.25, -0.2) is 4.79 Å². The fourth-order valence-electron chi connectivity index (χ4n) is 7.49. The number of nitrogens with one attached hydrogen (secondary N) is 11. The van der Waals surface area contributed by atoms with Crippen LogP contribution >= 0.6 is 25.3 Å². The standard InChI is InChI=1S/C51H86N16O13S2/c1-27(2)19-34(63-42(71)29(5)53)48(77)66-37(25-81)45(74)59-24-40(69)60-30(6)43(72)62-32(16-12-18-56-51(54)55)46(75)67-38(26-82)49(78)64-35(20-28(3)4)47(76)65-36(21-31-13-8-7-9-14-31)44(73)58-22-39(68)57-23-41(70)61-33(50(79)80)15-10-11-17-52/h7-9,13-14,27-30,32-38,81-82H,10-12,15-26,52-53H2,1-6H3,(H,57,68)(H,58,73)(H,59,74)(H,60,69)(H,61,70)(H,62,72)(H,63,71)(H,64,78)(H,65,76)(H,66,77)(H,67,75)(H,79,80)(H4,54,55,56)/t29-,30-,32-,33-,34-,35-,36-,37-,38-/m0/s1. The summed E-state index contributed by atoms with van der Waals surface area (Å²) in [4.78, 5) is 161. The fraction of sp³-hybridized carbons (Fsp3) is 0.627. The Balaban J connectivity index is 3.16. The number of unbranched alkanes of at least 4 members (excludes halogenated alkanes) is 1. The second kappa shape index (κ2) is 39.2. The molecule has 0 aliphatic carbocycles. The van der Waals surface area contributed by atoms with Crippen molar-refractivity contribution in [2.24, 2.45) is 39.8 Å². The first kappa shape index (κ1) is 72.8. The van der Waals surface area contributed by atoms with Gasteiger partial charge in [0.15, 0.2) is 5.96 Å². The number of nitrogens with two attached hydrogens (primary N) is 4. The third-order valence-corrected chi connectivity index (χ3v) is 12.6. The summed E-state index contributed by atoms with van der Waals surface area (Å²) in [5.41, 5.74) is 22.7. The first-order chi connectivity index (χ1) is 38.6. The van der Waals surface area contributed by atoms with Crippen molar-refractivity contribution in [1.82, 2.24) is 58.5 Å². The van der Waals surface area contributed by atoms with Gasteiger partial charge in [-0.3, -0.25) is 57.7 Å². The number of hydrogen-bond donors (Lipinski definition) is 18. The van der Waals surface area contributed by atoms with Gasteiger partial charge in [0.25, 0.3) is 0 Å². The maximum Gasteiger partial charge on any atom is 0.326 e. The molecule has 0 saturated carbocycles. The molecule has 0 spiro atoms. The number of carbonyl (C=O) groups is 12. The van der Waals surface area contributed by atoms with Gasteiger partial charge >= 0.3 is 5.97 Å². The SMILES string of the molecule is CC(C)C[C@H](NC(=O)[C@H](C)N)C(=O)N[C@@H](CS)C(=O)NCC(=O)N[C@@H](C)C(=O)N[C@@H](CCCN=C(N)N)C(=O)N[C@@H](CS)C(=O)N[C@@H](CC(C)C)C(=O)N[C@@H](Cc1ccccc1)C(=O)NCC(=O)NCC(=O)N[C@@H](CCCCN)C(=O)O. The third kappa shape index (κ3) is 30.0. The van der Waals surface area contributed by atoms with Crippen LogP contribution in [0, 0.1) is 11.8 Å². The molecule has 0 saturated heterocycles. The largest absolute Gasteiger partial charge is 0.480 e. The van der Waals surface area contributed by atoms with Gasteiger partial charge in [0.1, 0.15) is 48.3 Å². The molecule has 1 aromatic rings. The molecule has 460 valence electrons. The predicted octanol–water partition coefficient (Wildman–Crippen LogP) is -4.96. The summed E-state index contributed by atoms with van der Waals surface area (Å²) in [7, 11) is 0. The van der Waals surface area contributed by atoms with E-state index in [1.807, 2.05) is 13.8 Å². The van der Waals surface area contributed by atoms with Crippen molar-refractivity contribution < 1.29 is 62.6 Å². The minimum absolute atomic E-state index is 0.0232. The van der Waals surface area contributed by atoms with Crippen molar-refractivity contribution in [3.8, 4) is 0 Å². The molecule has 0 aromatic heterocycles. The number of amides is 11. The molecule has 11 amide bonds. The van der Waals surface area contributed by atoms with E-state index in [0.717, 1.165) is 0 Å². The zero-order chi connectivity index (χ0) is 62.1. The lowest BCUT2D eigenvalue weighted by Gasteiger charge is -2.27. The van der Waals surface area contributed by atoms with E-state index in [9.17, 15) is 62.6 Å². The third-order valence-electron chi connectivity index (χ3n) is 11.9. The summed E-state index contributed by atoms with van der Waals surface area (Å²) in [6.45, 7) is 8.48. The number of carbonyl (C=O) groups excluding carboxylic acids is 11. The van der Waals surface area contributed by atoms with Crippen LogP contribution < -0.4 is 81.4 Å². The Bertz CT molecular complexity index is 2330. The number of hydrogen-bond acceptors (Lipinski definition) is 17. The molecule has 0 aliphatic heterocycles. The molecule has 1 aromatic carbocycles. The smallest absolute Gasteiger partial charge is 0.326 e. The fourth-order valence-corrected chi connectivity index (χ4v) is 8.01. The Morgan fingerprint density at radius 2 is 0.939 bits per heavy atom. The topological polar surface area (TPSA) is 474 Å². The second-order valence-corrected chi connectivity index (χ2v) is 20.9. The van der Waals surface area contributed by atoms with Gasteiger partial charge in [0, 0.05) is 24.5 Å². The summed E-state index contributed by atoms with van der Waals surface area (Å²) >= 11 is 8.43. The van der Waals surface area contributed by atoms with E-state index in [4.69, 9.17) is 22.9 Å². The molecule has 82 heavy (non-hydrogen) atoms. The van der Waals surface area contributed by atoms with Crippen LogP contribution in [0.15, 0.2) is 35.3 Å². The van der Waals surface area contributed by atoms with Crippen molar-refractivity contribution in [1.29, 1.82) is 0 Å². The maximum atomic E-state index is 14.1. The van der Waals surface area contributed by atoms with Gasteiger partial charge in [-0.05, 0) is 82.7 Å². The average Bonchev–Trinajstić information content (AvgIpc) is 3.48. The number of nitrogens with zero attached hydrogens (tertiary/aromatic N) is 1. The molecule has 9 atom stereocenters. The maximum absolute atomic E-state index is 14.1. The zero-order valence-corrected chi connectivity index (χ0v) is 49.1. The molecular formula is C51H86N16O13S2. The van der Waals surface area contributed by atoms with Crippen LogP contribution in [-0.2, 0) is 64.0 Å². The van der Waals surface area contributed by atoms with E-state index in [-0.39, 0.29) is 74.4 Å². The van der Waals surface area contributed by atoms with Crippen LogP contribution in [0.4, 0.5) is 0 Å². The number of carboxylic acids is 1. The van der Waals surface area contributed by atoms with Gasteiger partial charge in [-0.2, -0.15) is 25.3 Å².